The molecule has 0 atom stereocenters. The van der Waals surface area contributed by atoms with Gasteiger partial charge in [0.15, 0.2) is 0 Å². The van der Waals surface area contributed by atoms with Crippen molar-refractivity contribution in [3.63, 3.8) is 0 Å². The molecule has 2 aromatic rings. The van der Waals surface area contributed by atoms with Crippen LogP contribution in [0.3, 0.4) is 0 Å². The highest BCUT2D eigenvalue weighted by molar-refractivity contribution is 5.91. The SMILES string of the molecule is CCCC1CCC(c2ccc(C(=O)Oc3ccc(OC(=O)CC)cc3)cc2)CC1. The first kappa shape index (κ1) is 21.1. The van der Waals surface area contributed by atoms with E-state index >= 15 is 0 Å². The van der Waals surface area contributed by atoms with E-state index < -0.39 is 0 Å². The van der Waals surface area contributed by atoms with E-state index in [1.165, 1.54) is 44.1 Å². The topological polar surface area (TPSA) is 52.6 Å². The normalized spacial score (nSPS) is 18.8. The maximum atomic E-state index is 12.4. The van der Waals surface area contributed by atoms with Gasteiger partial charge in [0.05, 0.1) is 5.56 Å². The number of hydrogen-bond acceptors (Lipinski definition) is 4. The summed E-state index contributed by atoms with van der Waals surface area (Å²) in [5.41, 5.74) is 1.86. The molecule has 0 unspecified atom stereocenters. The van der Waals surface area contributed by atoms with Gasteiger partial charge >= 0.3 is 11.9 Å². The lowest BCUT2D eigenvalue weighted by molar-refractivity contribution is -0.134. The zero-order valence-corrected chi connectivity index (χ0v) is 17.4. The van der Waals surface area contributed by atoms with Gasteiger partial charge in [0, 0.05) is 6.42 Å². The van der Waals surface area contributed by atoms with Gasteiger partial charge in [-0.25, -0.2) is 4.79 Å². The van der Waals surface area contributed by atoms with E-state index in [9.17, 15) is 9.59 Å². The molecule has 1 fully saturated rings. The van der Waals surface area contributed by atoms with Crippen LogP contribution in [0.1, 0.15) is 80.6 Å². The van der Waals surface area contributed by atoms with Gasteiger partial charge < -0.3 is 9.47 Å². The van der Waals surface area contributed by atoms with Gasteiger partial charge in [-0.1, -0.05) is 38.8 Å². The molecule has 0 bridgehead atoms. The first-order chi connectivity index (χ1) is 14.1. The maximum absolute atomic E-state index is 12.4. The van der Waals surface area contributed by atoms with Crippen molar-refractivity contribution in [2.45, 2.75) is 64.7 Å². The Bertz CT molecular complexity index is 800. The molecule has 0 aromatic heterocycles. The van der Waals surface area contributed by atoms with Gasteiger partial charge in [-0.3, -0.25) is 4.79 Å². The monoisotopic (exact) mass is 394 g/mol. The molecular formula is C25H30O4. The van der Waals surface area contributed by atoms with E-state index in [-0.39, 0.29) is 11.9 Å². The van der Waals surface area contributed by atoms with Gasteiger partial charge in [0.2, 0.25) is 0 Å². The second kappa shape index (κ2) is 10.2. The highest BCUT2D eigenvalue weighted by Gasteiger charge is 2.22. The first-order valence-corrected chi connectivity index (χ1v) is 10.7. The number of carbonyl (C=O) groups is 2. The summed E-state index contributed by atoms with van der Waals surface area (Å²) in [7, 11) is 0. The van der Waals surface area contributed by atoms with E-state index in [0.717, 1.165) is 5.92 Å². The number of ether oxygens (including phenoxy) is 2. The fourth-order valence-electron chi connectivity index (χ4n) is 4.03. The van der Waals surface area contributed by atoms with Crippen molar-refractivity contribution in [1.82, 2.24) is 0 Å². The van der Waals surface area contributed by atoms with Crippen LogP contribution in [0.25, 0.3) is 0 Å². The Labute approximate surface area is 173 Å². The summed E-state index contributed by atoms with van der Waals surface area (Å²) in [6, 6.07) is 14.3. The molecule has 0 amide bonds. The highest BCUT2D eigenvalue weighted by Crippen LogP contribution is 2.37. The van der Waals surface area contributed by atoms with Crippen LogP contribution in [0.2, 0.25) is 0 Å². The lowest BCUT2D eigenvalue weighted by atomic mass is 9.77. The summed E-state index contributed by atoms with van der Waals surface area (Å²) < 4.78 is 10.6. The Kier molecular flexibility index (Phi) is 7.45. The van der Waals surface area contributed by atoms with E-state index in [4.69, 9.17) is 9.47 Å². The molecule has 3 rings (SSSR count). The van der Waals surface area contributed by atoms with E-state index in [1.54, 1.807) is 31.2 Å². The minimum absolute atomic E-state index is 0.298. The molecule has 2 aromatic carbocycles. The largest absolute Gasteiger partial charge is 0.427 e. The zero-order valence-electron chi connectivity index (χ0n) is 17.4. The predicted molar refractivity (Wildman–Crippen MR) is 113 cm³/mol. The number of hydrogen-bond donors (Lipinski definition) is 0. The summed E-state index contributed by atoms with van der Waals surface area (Å²) in [6.45, 7) is 4.00. The summed E-state index contributed by atoms with van der Waals surface area (Å²) in [5, 5.41) is 0. The quantitative estimate of drug-likeness (QED) is 0.409. The smallest absolute Gasteiger partial charge is 0.343 e. The van der Waals surface area contributed by atoms with Crippen molar-refractivity contribution in [3.8, 4) is 11.5 Å². The molecular weight excluding hydrogens is 364 g/mol. The number of carbonyl (C=O) groups excluding carboxylic acids is 2. The van der Waals surface area contributed by atoms with Gasteiger partial charge in [0.25, 0.3) is 0 Å². The molecule has 0 spiro atoms. The van der Waals surface area contributed by atoms with Crippen LogP contribution in [0.5, 0.6) is 11.5 Å². The minimum atomic E-state index is -0.387. The molecule has 154 valence electrons. The van der Waals surface area contributed by atoms with E-state index in [1.807, 2.05) is 12.1 Å². The Morgan fingerprint density at radius 1 is 0.828 bits per heavy atom. The van der Waals surface area contributed by atoms with Gasteiger partial charge in [-0.2, -0.15) is 0 Å². The van der Waals surface area contributed by atoms with Crippen LogP contribution in [0.15, 0.2) is 48.5 Å². The molecule has 4 heteroatoms. The van der Waals surface area contributed by atoms with Crippen molar-refractivity contribution >= 4 is 11.9 Å². The first-order valence-electron chi connectivity index (χ1n) is 10.7. The van der Waals surface area contributed by atoms with Crippen molar-refractivity contribution in [1.29, 1.82) is 0 Å². The van der Waals surface area contributed by atoms with Crippen LogP contribution in [0.4, 0.5) is 0 Å². The lowest BCUT2D eigenvalue weighted by Gasteiger charge is -2.28. The Morgan fingerprint density at radius 2 is 1.41 bits per heavy atom. The van der Waals surface area contributed by atoms with Crippen LogP contribution in [-0.4, -0.2) is 11.9 Å². The molecule has 0 N–H and O–H groups in total. The van der Waals surface area contributed by atoms with Gasteiger partial charge in [-0.15, -0.1) is 0 Å². The summed E-state index contributed by atoms with van der Waals surface area (Å²) >= 11 is 0. The molecule has 29 heavy (non-hydrogen) atoms. The molecule has 1 aliphatic rings. The van der Waals surface area contributed by atoms with Crippen LogP contribution < -0.4 is 9.47 Å². The molecule has 0 heterocycles. The van der Waals surface area contributed by atoms with Crippen LogP contribution in [0, 0.1) is 5.92 Å². The fourth-order valence-corrected chi connectivity index (χ4v) is 4.03. The second-order valence-electron chi connectivity index (χ2n) is 7.82. The standard InChI is InChI=1S/C25H30O4/c1-3-5-18-6-8-19(9-7-18)20-10-12-21(13-11-20)25(27)29-23-16-14-22(15-17-23)28-24(26)4-2/h10-19H,3-9H2,1-2H3. The number of rotatable bonds is 7. The molecule has 1 aliphatic carbocycles. The maximum Gasteiger partial charge on any atom is 0.343 e. The molecule has 1 saturated carbocycles. The Hall–Kier alpha value is -2.62. The Balaban J connectivity index is 1.54. The van der Waals surface area contributed by atoms with E-state index in [2.05, 4.69) is 19.1 Å². The van der Waals surface area contributed by atoms with Crippen LogP contribution in [-0.2, 0) is 4.79 Å². The second-order valence-corrected chi connectivity index (χ2v) is 7.82. The summed E-state index contributed by atoms with van der Waals surface area (Å²) in [6.07, 6.45) is 8.04. The van der Waals surface area contributed by atoms with Crippen LogP contribution >= 0.6 is 0 Å². The van der Waals surface area contributed by atoms with Crippen molar-refractivity contribution in [2.75, 3.05) is 0 Å². The molecule has 0 saturated heterocycles. The third-order valence-corrected chi connectivity index (χ3v) is 5.72. The van der Waals surface area contributed by atoms with Crippen molar-refractivity contribution < 1.29 is 19.1 Å². The summed E-state index contributed by atoms with van der Waals surface area (Å²) in [4.78, 5) is 23.7. The van der Waals surface area contributed by atoms with Gasteiger partial charge in [0.1, 0.15) is 11.5 Å². The lowest BCUT2D eigenvalue weighted by Crippen LogP contribution is -2.13. The molecule has 0 radical (unpaired) electrons. The fraction of sp³-hybridized carbons (Fsp3) is 0.440. The van der Waals surface area contributed by atoms with Crippen molar-refractivity contribution in [2.24, 2.45) is 5.92 Å². The average molecular weight is 395 g/mol. The molecule has 0 aliphatic heterocycles. The predicted octanol–water partition coefficient (Wildman–Crippen LogP) is 6.30. The Morgan fingerprint density at radius 3 is 1.97 bits per heavy atom. The number of benzene rings is 2. The minimum Gasteiger partial charge on any atom is -0.427 e. The zero-order chi connectivity index (χ0) is 20.6. The van der Waals surface area contributed by atoms with Gasteiger partial charge in [-0.05, 0) is 79.5 Å². The number of esters is 2. The van der Waals surface area contributed by atoms with Crippen molar-refractivity contribution in [3.05, 3.63) is 59.7 Å². The van der Waals surface area contributed by atoms with E-state index in [0.29, 0.717) is 29.4 Å². The average Bonchev–Trinajstić information content (AvgIpc) is 2.76. The highest BCUT2D eigenvalue weighted by atomic mass is 16.5. The molecule has 4 nitrogen and oxygen atoms in total. The third kappa shape index (κ3) is 5.93. The third-order valence-electron chi connectivity index (χ3n) is 5.72. The summed E-state index contributed by atoms with van der Waals surface area (Å²) in [5.74, 6) is 1.67.